The second-order valence-corrected chi connectivity index (χ2v) is 35.8. The Hall–Kier alpha value is -0.952. The average Bonchev–Trinajstić information content (AvgIpc) is 3.84. The van der Waals surface area contributed by atoms with Gasteiger partial charge in [-0.3, -0.25) is 0 Å². The Kier molecular flexibility index (Phi) is 12.8. The van der Waals surface area contributed by atoms with E-state index in [9.17, 15) is 19.8 Å². The van der Waals surface area contributed by atoms with Crippen LogP contribution in [0.4, 0.5) is 0 Å². The van der Waals surface area contributed by atoms with Gasteiger partial charge in [0.15, 0.2) is 8.32 Å². The first-order chi connectivity index (χ1) is 23.5. The van der Waals surface area contributed by atoms with E-state index >= 15 is 0 Å². The molecule has 4 rings (SSSR count). The molecule has 4 aliphatic rings. The zero-order chi connectivity index (χ0) is 38.3. The lowest BCUT2D eigenvalue weighted by Crippen LogP contribution is -2.47. The van der Waals surface area contributed by atoms with E-state index in [-0.39, 0.29) is 46.2 Å². The Balaban J connectivity index is 1.43. The standard InChI is InChI=1S/C37H68O10Si4/c1-28(2)32(40)43-18-14-20-48(10,11)47-37(9)30(5)51(37)23-16-34(6,45-51)35(7)26-50(35,22-13-17-42-25-31(39)24-38)46-36(8)27-49(36,12)21-15-19-44-33(41)29(3)4/h30-31,38-39H,1,3,13-27H2,2,4-12H3. The highest BCUT2D eigenvalue weighted by atomic mass is 28.4. The number of esters is 2. The highest BCUT2D eigenvalue weighted by Gasteiger charge is 2.86. The molecule has 9 unspecified atom stereocenters. The van der Waals surface area contributed by atoms with Crippen LogP contribution in [0.1, 0.15) is 74.1 Å². The van der Waals surface area contributed by atoms with Gasteiger partial charge >= 0.3 is 11.9 Å². The topological polar surface area (TPSA) is 130 Å². The summed E-state index contributed by atoms with van der Waals surface area (Å²) in [5.74, 6) is -0.659. The SMILES string of the molecule is C=C(C)C(=O)OCCC[Si](C)(C)OC1(C)C(C)[Si]12CCC(C)(C1(C)C[Si]1(CCCOCC(O)CO)OC1(C)C[Si]1(C)CCCOC(=O)C(=C)C)O2. The third-order valence-corrected chi connectivity index (χ3v) is 33.0. The van der Waals surface area contributed by atoms with Crippen molar-refractivity contribution in [2.45, 2.75) is 163 Å². The van der Waals surface area contributed by atoms with Crippen molar-refractivity contribution in [1.29, 1.82) is 0 Å². The molecule has 0 bridgehead atoms. The van der Waals surface area contributed by atoms with E-state index in [1.807, 2.05) is 0 Å². The van der Waals surface area contributed by atoms with E-state index < -0.39 is 39.1 Å². The van der Waals surface area contributed by atoms with Gasteiger partial charge in [-0.05, 0) is 104 Å². The molecule has 0 aromatic carbocycles. The van der Waals surface area contributed by atoms with Crippen LogP contribution in [-0.4, -0.2) is 110 Å². The van der Waals surface area contributed by atoms with Crippen molar-refractivity contribution in [2.75, 3.05) is 33.0 Å². The van der Waals surface area contributed by atoms with E-state index in [0.29, 0.717) is 36.5 Å². The molecule has 0 aliphatic carbocycles. The summed E-state index contributed by atoms with van der Waals surface area (Å²) in [5.41, 5.74) is 0.974. The second kappa shape index (κ2) is 15.3. The lowest BCUT2D eigenvalue weighted by molar-refractivity contribution is -0.139. The molecule has 4 aliphatic heterocycles. The van der Waals surface area contributed by atoms with Crippen LogP contribution in [0.25, 0.3) is 0 Å². The molecule has 51 heavy (non-hydrogen) atoms. The molecule has 292 valence electrons. The van der Waals surface area contributed by atoms with Gasteiger partial charge in [0.1, 0.15) is 6.10 Å². The molecule has 1 spiro atoms. The zero-order valence-electron chi connectivity index (χ0n) is 33.3. The quantitative estimate of drug-likeness (QED) is 0.0516. The average molecular weight is 785 g/mol. The fourth-order valence-corrected chi connectivity index (χ4v) is 30.8. The predicted molar refractivity (Wildman–Crippen MR) is 210 cm³/mol. The number of ether oxygens (including phenoxy) is 3. The number of aliphatic hydroxyl groups is 2. The summed E-state index contributed by atoms with van der Waals surface area (Å²) in [6.07, 6.45) is 2.64. The Labute approximate surface area is 311 Å². The minimum absolute atomic E-state index is 0.0393. The predicted octanol–water partition coefficient (Wildman–Crippen LogP) is 6.94. The molecule has 10 nitrogen and oxygen atoms in total. The molecular weight excluding hydrogens is 717 g/mol. The van der Waals surface area contributed by atoms with Crippen molar-refractivity contribution in [3.05, 3.63) is 24.3 Å². The van der Waals surface area contributed by atoms with Gasteiger partial charge in [-0.1, -0.05) is 39.6 Å². The van der Waals surface area contributed by atoms with Gasteiger partial charge in [-0.15, -0.1) is 0 Å². The first kappa shape index (κ1) is 42.8. The normalized spacial score (nSPS) is 38.7. The van der Waals surface area contributed by atoms with Crippen molar-refractivity contribution in [3.63, 3.8) is 0 Å². The fraction of sp³-hybridized carbons (Fsp3) is 0.838. The lowest BCUT2D eigenvalue weighted by atomic mass is 9.90. The van der Waals surface area contributed by atoms with Gasteiger partial charge in [0.2, 0.25) is 16.6 Å². The Morgan fingerprint density at radius 3 is 2.14 bits per heavy atom. The number of aliphatic hydroxyl groups excluding tert-OH is 2. The summed E-state index contributed by atoms with van der Waals surface area (Å²) in [6.45, 7) is 30.6. The molecular formula is C37H68O10Si4. The summed E-state index contributed by atoms with van der Waals surface area (Å²) in [5, 5.41) is 18.6. The van der Waals surface area contributed by atoms with Gasteiger partial charge in [0.05, 0.1) is 45.3 Å². The smallest absolute Gasteiger partial charge is 0.333 e. The number of carbonyl (C=O) groups excluding carboxylic acids is 2. The molecule has 0 saturated carbocycles. The fourth-order valence-electron chi connectivity index (χ4n) is 9.30. The third-order valence-electron chi connectivity index (χ3n) is 13.5. The van der Waals surface area contributed by atoms with Gasteiger partial charge in [-0.25, -0.2) is 9.59 Å². The van der Waals surface area contributed by atoms with Crippen molar-refractivity contribution < 1.29 is 47.3 Å². The van der Waals surface area contributed by atoms with Crippen LogP contribution in [0.2, 0.25) is 66.5 Å². The van der Waals surface area contributed by atoms with E-state index in [2.05, 4.69) is 67.4 Å². The molecule has 0 aromatic heterocycles. The van der Waals surface area contributed by atoms with Crippen LogP contribution in [0.3, 0.4) is 0 Å². The minimum Gasteiger partial charge on any atom is -0.462 e. The molecule has 2 N–H and O–H groups in total. The Bertz CT molecular complexity index is 1350. The van der Waals surface area contributed by atoms with Crippen molar-refractivity contribution in [2.24, 2.45) is 0 Å². The van der Waals surface area contributed by atoms with Gasteiger partial charge in [-0.2, -0.15) is 0 Å². The summed E-state index contributed by atoms with van der Waals surface area (Å²) >= 11 is 0. The van der Waals surface area contributed by atoms with E-state index in [4.69, 9.17) is 27.5 Å². The number of carbonyl (C=O) groups is 2. The highest BCUT2D eigenvalue weighted by Crippen LogP contribution is 2.80. The lowest BCUT2D eigenvalue weighted by Gasteiger charge is -2.39. The molecule has 9 atom stereocenters. The number of rotatable bonds is 22. The Morgan fingerprint density at radius 2 is 1.55 bits per heavy atom. The maximum atomic E-state index is 11.9. The molecule has 0 radical (unpaired) electrons. The molecule has 4 saturated heterocycles. The summed E-state index contributed by atoms with van der Waals surface area (Å²) in [6, 6.07) is 6.22. The molecule has 14 heteroatoms. The van der Waals surface area contributed by atoms with Crippen LogP contribution in [0.15, 0.2) is 24.3 Å². The van der Waals surface area contributed by atoms with Gasteiger partial charge < -0.3 is 37.7 Å². The third kappa shape index (κ3) is 8.50. The van der Waals surface area contributed by atoms with Crippen LogP contribution in [-0.2, 0) is 37.1 Å². The molecule has 4 fully saturated rings. The van der Waals surface area contributed by atoms with E-state index in [0.717, 1.165) is 61.9 Å². The highest BCUT2D eigenvalue weighted by molar-refractivity contribution is 6.95. The second-order valence-electron chi connectivity index (χ2n) is 18.0. The Morgan fingerprint density at radius 1 is 0.961 bits per heavy atom. The summed E-state index contributed by atoms with van der Waals surface area (Å²) in [4.78, 5) is 23.7. The first-order valence-electron chi connectivity index (χ1n) is 19.1. The van der Waals surface area contributed by atoms with Crippen LogP contribution in [0, 0.1) is 0 Å². The maximum Gasteiger partial charge on any atom is 0.333 e. The van der Waals surface area contributed by atoms with Gasteiger partial charge in [0.25, 0.3) is 0 Å². The van der Waals surface area contributed by atoms with E-state index in [1.165, 1.54) is 0 Å². The maximum absolute atomic E-state index is 11.9. The zero-order valence-corrected chi connectivity index (χ0v) is 37.3. The summed E-state index contributed by atoms with van der Waals surface area (Å²) < 4.78 is 38.8. The van der Waals surface area contributed by atoms with Crippen LogP contribution >= 0.6 is 0 Å². The van der Waals surface area contributed by atoms with Gasteiger partial charge in [0, 0.05) is 33.6 Å². The monoisotopic (exact) mass is 784 g/mol. The number of hydrogen-bond donors (Lipinski definition) is 2. The molecule has 0 amide bonds. The summed E-state index contributed by atoms with van der Waals surface area (Å²) in [7, 11) is -8.28. The minimum atomic E-state index is -2.30. The van der Waals surface area contributed by atoms with Crippen molar-refractivity contribution >= 4 is 45.0 Å². The van der Waals surface area contributed by atoms with Crippen molar-refractivity contribution in [3.8, 4) is 0 Å². The van der Waals surface area contributed by atoms with Crippen LogP contribution < -0.4 is 0 Å². The largest absolute Gasteiger partial charge is 0.462 e. The van der Waals surface area contributed by atoms with E-state index in [1.54, 1.807) is 13.8 Å². The van der Waals surface area contributed by atoms with Crippen LogP contribution in [0.5, 0.6) is 0 Å². The molecule has 0 aromatic rings. The van der Waals surface area contributed by atoms with Crippen molar-refractivity contribution in [1.82, 2.24) is 0 Å². The number of hydrogen-bond acceptors (Lipinski definition) is 10. The molecule has 4 heterocycles. The first-order valence-corrected chi connectivity index (χ1v) is 29.7.